The highest BCUT2D eigenvalue weighted by Crippen LogP contribution is 2.34. The van der Waals surface area contributed by atoms with Crippen LogP contribution in [0.1, 0.15) is 80.2 Å². The summed E-state index contributed by atoms with van der Waals surface area (Å²) >= 11 is 0. The van der Waals surface area contributed by atoms with Crippen molar-refractivity contribution in [3.63, 3.8) is 0 Å². The van der Waals surface area contributed by atoms with Crippen LogP contribution in [0.5, 0.6) is 0 Å². The summed E-state index contributed by atoms with van der Waals surface area (Å²) in [5, 5.41) is 25.2. The zero-order valence-corrected chi connectivity index (χ0v) is 23.2. The number of likely N-dealkylation sites (N-methyl/N-ethyl adjacent to an activating group) is 1. The van der Waals surface area contributed by atoms with Gasteiger partial charge in [-0.2, -0.15) is 0 Å². The van der Waals surface area contributed by atoms with Gasteiger partial charge in [-0.1, -0.05) is 56.5 Å². The van der Waals surface area contributed by atoms with Crippen molar-refractivity contribution in [2.24, 2.45) is 5.92 Å². The minimum Gasteiger partial charge on any atom is -0.457 e. The molecule has 0 radical (unpaired) electrons. The Hall–Kier alpha value is -2.85. The average Bonchev–Trinajstić information content (AvgIpc) is 2.96. The summed E-state index contributed by atoms with van der Waals surface area (Å²) in [4.78, 5) is 34.2. The third-order valence-electron chi connectivity index (χ3n) is 8.08. The van der Waals surface area contributed by atoms with Crippen LogP contribution in [0.3, 0.4) is 0 Å². The van der Waals surface area contributed by atoms with Gasteiger partial charge in [-0.25, -0.2) is 4.79 Å². The van der Waals surface area contributed by atoms with Gasteiger partial charge in [0, 0.05) is 18.8 Å². The van der Waals surface area contributed by atoms with Crippen LogP contribution in [-0.2, 0) is 16.1 Å². The number of esters is 1. The maximum absolute atomic E-state index is 13.6. The molecule has 2 fully saturated rings. The van der Waals surface area contributed by atoms with Crippen molar-refractivity contribution >= 4 is 11.9 Å². The van der Waals surface area contributed by atoms with Gasteiger partial charge in [-0.15, -0.1) is 0 Å². The lowest BCUT2D eigenvalue weighted by Crippen LogP contribution is -2.68. The number of aromatic nitrogens is 1. The molecule has 5 atom stereocenters. The maximum atomic E-state index is 13.6. The van der Waals surface area contributed by atoms with Crippen molar-refractivity contribution < 1.29 is 24.5 Å². The van der Waals surface area contributed by atoms with Crippen LogP contribution < -0.4 is 5.32 Å². The SMILES string of the molecule is CCCN1C(C(=O)N[C@@H](C)C2CCCCC2)C(O)C(O)N(C)C1c1ccc(C(=O)OCc2ccccc2)cn1. The van der Waals surface area contributed by atoms with E-state index in [1.807, 2.05) is 49.1 Å². The van der Waals surface area contributed by atoms with Gasteiger partial charge in [-0.05, 0) is 56.8 Å². The molecule has 2 heterocycles. The first-order valence-electron chi connectivity index (χ1n) is 14.1. The number of carbonyl (C=O) groups is 2. The first kappa shape index (κ1) is 29.1. The summed E-state index contributed by atoms with van der Waals surface area (Å²) in [5.41, 5.74) is 1.77. The molecule has 1 aliphatic carbocycles. The van der Waals surface area contributed by atoms with Crippen LogP contribution in [0.15, 0.2) is 48.7 Å². The number of aliphatic hydroxyl groups excluding tert-OH is 2. The molecule has 9 nitrogen and oxygen atoms in total. The molecule has 1 aromatic heterocycles. The summed E-state index contributed by atoms with van der Waals surface area (Å²) < 4.78 is 5.42. The van der Waals surface area contributed by atoms with E-state index in [1.165, 1.54) is 25.5 Å². The monoisotopic (exact) mass is 538 g/mol. The lowest BCUT2D eigenvalue weighted by atomic mass is 9.84. The van der Waals surface area contributed by atoms with E-state index in [-0.39, 0.29) is 18.6 Å². The predicted molar refractivity (Wildman–Crippen MR) is 147 cm³/mol. The molecule has 3 N–H and O–H groups in total. The number of carbonyl (C=O) groups excluding carboxylic acids is 2. The zero-order valence-electron chi connectivity index (χ0n) is 23.2. The van der Waals surface area contributed by atoms with Gasteiger partial charge >= 0.3 is 5.97 Å². The van der Waals surface area contributed by atoms with Gasteiger partial charge in [0.1, 0.15) is 31.1 Å². The van der Waals surface area contributed by atoms with E-state index in [2.05, 4.69) is 10.3 Å². The van der Waals surface area contributed by atoms with Crippen molar-refractivity contribution in [1.29, 1.82) is 0 Å². The van der Waals surface area contributed by atoms with Crippen LogP contribution in [0, 0.1) is 5.92 Å². The average molecular weight is 539 g/mol. The van der Waals surface area contributed by atoms with Crippen LogP contribution in [0.25, 0.3) is 0 Å². The number of nitrogens with zero attached hydrogens (tertiary/aromatic N) is 3. The number of benzene rings is 1. The Morgan fingerprint density at radius 1 is 1.10 bits per heavy atom. The second kappa shape index (κ2) is 13.5. The molecule has 4 rings (SSSR count). The molecule has 1 aromatic carbocycles. The minimum absolute atomic E-state index is 0.0111. The van der Waals surface area contributed by atoms with Gasteiger partial charge < -0.3 is 20.3 Å². The van der Waals surface area contributed by atoms with Crippen molar-refractivity contribution in [3.8, 4) is 0 Å². The molecule has 2 aliphatic rings. The Morgan fingerprint density at radius 2 is 1.82 bits per heavy atom. The predicted octanol–water partition coefficient (Wildman–Crippen LogP) is 3.23. The summed E-state index contributed by atoms with van der Waals surface area (Å²) in [6, 6.07) is 11.9. The lowest BCUT2D eigenvalue weighted by molar-refractivity contribution is -0.200. The van der Waals surface area contributed by atoms with E-state index >= 15 is 0 Å². The van der Waals surface area contributed by atoms with Crippen LogP contribution in [0.4, 0.5) is 0 Å². The molecule has 9 heteroatoms. The maximum Gasteiger partial charge on any atom is 0.340 e. The van der Waals surface area contributed by atoms with Crippen LogP contribution in [0.2, 0.25) is 0 Å². The highest BCUT2D eigenvalue weighted by molar-refractivity contribution is 5.89. The molecular formula is C30H42N4O5. The first-order valence-corrected chi connectivity index (χ1v) is 14.1. The summed E-state index contributed by atoms with van der Waals surface area (Å²) in [6.45, 7) is 4.71. The second-order valence-electron chi connectivity index (χ2n) is 10.9. The number of rotatable bonds is 9. The molecule has 1 saturated carbocycles. The quantitative estimate of drug-likeness (QED) is 0.417. The second-order valence-corrected chi connectivity index (χ2v) is 10.9. The molecule has 0 spiro atoms. The third-order valence-corrected chi connectivity index (χ3v) is 8.08. The van der Waals surface area contributed by atoms with E-state index in [1.54, 1.807) is 24.1 Å². The largest absolute Gasteiger partial charge is 0.457 e. The molecular weight excluding hydrogens is 496 g/mol. The molecule has 39 heavy (non-hydrogen) atoms. The van der Waals surface area contributed by atoms with Crippen molar-refractivity contribution in [3.05, 3.63) is 65.5 Å². The molecule has 2 aromatic rings. The number of amides is 1. The number of hydrogen-bond acceptors (Lipinski definition) is 8. The molecule has 1 aliphatic heterocycles. The van der Waals surface area contributed by atoms with Crippen LogP contribution in [-0.4, -0.2) is 74.9 Å². The molecule has 1 amide bonds. The van der Waals surface area contributed by atoms with Crippen molar-refractivity contribution in [1.82, 2.24) is 20.1 Å². The molecule has 4 unspecified atom stereocenters. The van der Waals surface area contributed by atoms with Gasteiger partial charge in [-0.3, -0.25) is 19.6 Å². The fraction of sp³-hybridized carbons (Fsp3) is 0.567. The molecule has 1 saturated heterocycles. The Labute approximate surface area is 231 Å². The van der Waals surface area contributed by atoms with E-state index in [0.717, 1.165) is 24.8 Å². The number of nitrogens with one attached hydrogen (secondary N) is 1. The van der Waals surface area contributed by atoms with Crippen molar-refractivity contribution in [2.75, 3.05) is 13.6 Å². The fourth-order valence-corrected chi connectivity index (χ4v) is 5.88. The Bertz CT molecular complexity index is 1080. The fourth-order valence-electron chi connectivity index (χ4n) is 5.88. The topological polar surface area (TPSA) is 115 Å². The van der Waals surface area contributed by atoms with Gasteiger partial charge in [0.2, 0.25) is 5.91 Å². The molecule has 212 valence electrons. The molecule has 0 bridgehead atoms. The summed E-state index contributed by atoms with van der Waals surface area (Å²) in [7, 11) is 1.70. The summed E-state index contributed by atoms with van der Waals surface area (Å²) in [5.74, 6) is -0.348. The van der Waals surface area contributed by atoms with E-state index in [0.29, 0.717) is 23.7 Å². The van der Waals surface area contributed by atoms with Gasteiger partial charge in [0.25, 0.3) is 0 Å². The summed E-state index contributed by atoms with van der Waals surface area (Å²) in [6.07, 6.45) is 4.83. The highest BCUT2D eigenvalue weighted by atomic mass is 16.5. The van der Waals surface area contributed by atoms with E-state index in [9.17, 15) is 19.8 Å². The number of aliphatic hydroxyl groups is 2. The van der Waals surface area contributed by atoms with E-state index in [4.69, 9.17) is 4.74 Å². The number of ether oxygens (including phenoxy) is 1. The van der Waals surface area contributed by atoms with E-state index < -0.39 is 30.5 Å². The van der Waals surface area contributed by atoms with Gasteiger partial charge in [0.05, 0.1) is 11.3 Å². The normalized spacial score (nSPS) is 25.7. The minimum atomic E-state index is -1.29. The standard InChI is InChI=1S/C30H42N4O5/c1-4-17-34-25(27(36)32-20(2)22-13-9-6-10-14-22)26(35)29(37)33(3)28(34)24-16-15-23(18-31-24)30(38)39-19-21-11-7-5-8-12-21/h5,7-8,11-12,15-16,18,20,22,25-26,28-29,35,37H,4,6,9-10,13-14,17,19H2,1-3H3,(H,32,36)/t20-,25?,26?,28?,29?/m0/s1. The van der Waals surface area contributed by atoms with Crippen LogP contribution >= 0.6 is 0 Å². The van der Waals surface area contributed by atoms with Crippen molar-refractivity contribution in [2.45, 2.75) is 89.6 Å². The Morgan fingerprint density at radius 3 is 2.46 bits per heavy atom. The smallest absolute Gasteiger partial charge is 0.340 e. The lowest BCUT2D eigenvalue weighted by Gasteiger charge is -2.50. The zero-order chi connectivity index (χ0) is 27.9. The number of hydrogen-bond donors (Lipinski definition) is 3. The Balaban J connectivity index is 1.51. The Kier molecular flexibility index (Phi) is 10.1. The first-order chi connectivity index (χ1) is 18.8. The highest BCUT2D eigenvalue weighted by Gasteiger charge is 2.49. The number of pyridine rings is 1. The van der Waals surface area contributed by atoms with Gasteiger partial charge in [0.15, 0.2) is 0 Å². The third kappa shape index (κ3) is 6.84.